The molecule has 4 heteroatoms. The Morgan fingerprint density at radius 2 is 0.442 bits per heavy atom. The van der Waals surface area contributed by atoms with E-state index in [4.69, 9.17) is 13.6 Å². The molecule has 0 aliphatic heterocycles. The third-order valence-corrected chi connectivity index (χ3v) is 11.2. The van der Waals surface area contributed by atoms with Crippen LogP contribution < -0.4 is 0 Å². The van der Waals surface area contributed by atoms with Crippen LogP contribution in [0.3, 0.4) is 0 Å². The molecule has 0 aliphatic carbocycles. The molecule has 0 heterocycles. The number of hydrogen-bond donors (Lipinski definition) is 0. The molecule has 0 amide bonds. The van der Waals surface area contributed by atoms with Gasteiger partial charge < -0.3 is 13.6 Å². The van der Waals surface area contributed by atoms with Gasteiger partial charge in [0, 0.05) is 0 Å². The van der Waals surface area contributed by atoms with E-state index in [1.54, 1.807) is 0 Å². The molecule has 0 fully saturated rings. The highest BCUT2D eigenvalue weighted by molar-refractivity contribution is 7.41. The third-order valence-electron chi connectivity index (χ3n) is 10.1. The van der Waals surface area contributed by atoms with Crippen molar-refractivity contribution in [3.63, 3.8) is 0 Å². The van der Waals surface area contributed by atoms with Gasteiger partial charge in [0.1, 0.15) is 0 Å². The highest BCUT2D eigenvalue weighted by atomic mass is 31.2. The summed E-state index contributed by atoms with van der Waals surface area (Å²) in [5.41, 5.74) is 0. The maximum atomic E-state index is 6.19. The SMILES string of the molecule is CCCCCC/C=C\CCCCCCCCOP(OCCCCCCCC/C=C\CCCCCC)OCCCCCCCC/C=C\CCCCCC. The fourth-order valence-corrected chi connectivity index (χ4v) is 7.58. The van der Waals surface area contributed by atoms with E-state index in [1.165, 1.54) is 212 Å². The van der Waals surface area contributed by atoms with E-state index in [0.29, 0.717) is 0 Å². The summed E-state index contributed by atoms with van der Waals surface area (Å²) < 4.78 is 18.6. The molecule has 308 valence electrons. The minimum absolute atomic E-state index is 0.771. The molecule has 0 aromatic rings. The number of hydrogen-bond acceptors (Lipinski definition) is 3. The second kappa shape index (κ2) is 48.5. The van der Waals surface area contributed by atoms with E-state index in [1.807, 2.05) is 0 Å². The first-order valence-corrected chi connectivity index (χ1v) is 24.6. The smallest absolute Gasteiger partial charge is 0.312 e. The Morgan fingerprint density at radius 3 is 0.673 bits per heavy atom. The Balaban J connectivity index is 4.03. The molecule has 0 N–H and O–H groups in total. The maximum Gasteiger partial charge on any atom is 0.332 e. The molecule has 0 saturated heterocycles. The summed E-state index contributed by atoms with van der Waals surface area (Å²) >= 11 is 0. The Hall–Kier alpha value is -0.470. The molecule has 0 aliphatic rings. The van der Waals surface area contributed by atoms with E-state index >= 15 is 0 Å². The van der Waals surface area contributed by atoms with Crippen LogP contribution in [-0.2, 0) is 13.6 Å². The van der Waals surface area contributed by atoms with Crippen molar-refractivity contribution in [3.05, 3.63) is 36.5 Å². The summed E-state index contributed by atoms with van der Waals surface area (Å²) in [4.78, 5) is 0. The van der Waals surface area contributed by atoms with Crippen molar-refractivity contribution in [3.8, 4) is 0 Å². The van der Waals surface area contributed by atoms with Crippen molar-refractivity contribution in [1.29, 1.82) is 0 Å². The van der Waals surface area contributed by atoms with E-state index in [2.05, 4.69) is 57.2 Å². The van der Waals surface area contributed by atoms with Crippen LogP contribution in [0, 0.1) is 0 Å². The van der Waals surface area contributed by atoms with Crippen molar-refractivity contribution >= 4 is 8.60 Å². The Kier molecular flexibility index (Phi) is 48.1. The van der Waals surface area contributed by atoms with Gasteiger partial charge in [0.2, 0.25) is 0 Å². The third kappa shape index (κ3) is 45.7. The standard InChI is InChI=1S/C48H93O3P/c1-4-7-10-13-16-19-22-25-28-31-34-37-40-43-46-49-52(50-47-44-41-38-35-32-29-26-23-20-17-14-11-8-5-2)51-48-45-42-39-36-33-30-27-24-21-18-15-12-9-6-3/h19-24H,4-18,25-48H2,1-3H3/b22-19-,23-20-,24-21-. The van der Waals surface area contributed by atoms with Crippen LogP contribution in [0.1, 0.15) is 252 Å². The Bertz CT molecular complexity index is 625. The summed E-state index contributed by atoms with van der Waals surface area (Å²) in [5, 5.41) is 0. The number of rotatable bonds is 45. The van der Waals surface area contributed by atoms with Gasteiger partial charge in [-0.3, -0.25) is 0 Å². The number of unbranched alkanes of at least 4 members (excludes halogenated alkanes) is 30. The van der Waals surface area contributed by atoms with Gasteiger partial charge in [-0.05, 0) is 96.3 Å². The molecule has 0 bridgehead atoms. The van der Waals surface area contributed by atoms with Crippen LogP contribution >= 0.6 is 8.60 Å². The summed E-state index contributed by atoms with van der Waals surface area (Å²) in [5.74, 6) is 0. The largest absolute Gasteiger partial charge is 0.332 e. The second-order valence-corrected chi connectivity index (χ2v) is 16.6. The zero-order chi connectivity index (χ0) is 37.5. The topological polar surface area (TPSA) is 27.7 Å². The van der Waals surface area contributed by atoms with Crippen LogP contribution in [-0.4, -0.2) is 19.8 Å². The lowest BCUT2D eigenvalue weighted by atomic mass is 10.1. The lowest BCUT2D eigenvalue weighted by Crippen LogP contribution is -2.00. The van der Waals surface area contributed by atoms with Gasteiger partial charge in [-0.2, -0.15) is 0 Å². The van der Waals surface area contributed by atoms with Crippen LogP contribution in [0.5, 0.6) is 0 Å². The Labute approximate surface area is 329 Å². The predicted octanol–water partition coefficient (Wildman–Crippen LogP) is 18.0. The fraction of sp³-hybridized carbons (Fsp3) is 0.875. The summed E-state index contributed by atoms with van der Waals surface area (Å²) in [6.45, 7) is 9.16. The van der Waals surface area contributed by atoms with Crippen LogP contribution in [0.2, 0.25) is 0 Å². The van der Waals surface area contributed by atoms with Gasteiger partial charge in [0.15, 0.2) is 0 Å². The van der Waals surface area contributed by atoms with E-state index in [0.717, 1.165) is 39.1 Å². The van der Waals surface area contributed by atoms with Gasteiger partial charge >= 0.3 is 8.60 Å². The molecule has 0 rings (SSSR count). The highest BCUT2D eigenvalue weighted by Crippen LogP contribution is 2.40. The molecule has 0 spiro atoms. The molecule has 0 atom stereocenters. The first-order chi connectivity index (χ1) is 25.8. The molecule has 0 unspecified atom stereocenters. The minimum Gasteiger partial charge on any atom is -0.312 e. The molecule has 52 heavy (non-hydrogen) atoms. The minimum atomic E-state index is -1.21. The molecule has 3 nitrogen and oxygen atoms in total. The summed E-state index contributed by atoms with van der Waals surface area (Å²) in [6.07, 6.45) is 61.6. The summed E-state index contributed by atoms with van der Waals surface area (Å²) in [7, 11) is -1.21. The van der Waals surface area contributed by atoms with Crippen molar-refractivity contribution < 1.29 is 13.6 Å². The highest BCUT2D eigenvalue weighted by Gasteiger charge is 2.12. The first kappa shape index (κ1) is 51.5. The normalized spacial score (nSPS) is 12.2. The zero-order valence-corrected chi connectivity index (χ0v) is 36.6. The first-order valence-electron chi connectivity index (χ1n) is 23.5. The van der Waals surface area contributed by atoms with Crippen molar-refractivity contribution in [1.82, 2.24) is 0 Å². The number of allylic oxidation sites excluding steroid dienone is 6. The molecule has 0 aromatic heterocycles. The van der Waals surface area contributed by atoms with Crippen LogP contribution in [0.25, 0.3) is 0 Å². The van der Waals surface area contributed by atoms with Crippen molar-refractivity contribution in [2.24, 2.45) is 0 Å². The van der Waals surface area contributed by atoms with Crippen LogP contribution in [0.15, 0.2) is 36.5 Å². The molecule has 0 aromatic carbocycles. The van der Waals surface area contributed by atoms with E-state index in [-0.39, 0.29) is 0 Å². The van der Waals surface area contributed by atoms with Crippen molar-refractivity contribution in [2.75, 3.05) is 19.8 Å². The molecular weight excluding hydrogens is 655 g/mol. The van der Waals surface area contributed by atoms with Gasteiger partial charge in [0.25, 0.3) is 0 Å². The second-order valence-electron chi connectivity index (χ2n) is 15.4. The molecular formula is C48H93O3P. The van der Waals surface area contributed by atoms with Crippen molar-refractivity contribution in [2.45, 2.75) is 252 Å². The van der Waals surface area contributed by atoms with Gasteiger partial charge in [-0.1, -0.05) is 192 Å². The fourth-order valence-electron chi connectivity index (χ4n) is 6.52. The average Bonchev–Trinajstić information content (AvgIpc) is 3.15. The van der Waals surface area contributed by atoms with Gasteiger partial charge in [0.05, 0.1) is 19.8 Å². The molecule has 0 radical (unpaired) electrons. The lowest BCUT2D eigenvalue weighted by molar-refractivity contribution is 0.153. The zero-order valence-electron chi connectivity index (χ0n) is 35.7. The lowest BCUT2D eigenvalue weighted by Gasteiger charge is -2.17. The van der Waals surface area contributed by atoms with Crippen LogP contribution in [0.4, 0.5) is 0 Å². The van der Waals surface area contributed by atoms with E-state index < -0.39 is 8.60 Å². The predicted molar refractivity (Wildman–Crippen MR) is 235 cm³/mol. The van der Waals surface area contributed by atoms with Gasteiger partial charge in [-0.25, -0.2) is 0 Å². The monoisotopic (exact) mass is 749 g/mol. The quantitative estimate of drug-likeness (QED) is 0.0353. The molecule has 0 saturated carbocycles. The summed E-state index contributed by atoms with van der Waals surface area (Å²) in [6, 6.07) is 0. The average molecular weight is 749 g/mol. The Morgan fingerprint density at radius 1 is 0.250 bits per heavy atom. The van der Waals surface area contributed by atoms with Gasteiger partial charge in [-0.15, -0.1) is 0 Å². The maximum absolute atomic E-state index is 6.19. The van der Waals surface area contributed by atoms with E-state index in [9.17, 15) is 0 Å².